The Balaban J connectivity index is 1.56. The van der Waals surface area contributed by atoms with Crippen molar-refractivity contribution in [1.82, 2.24) is 10.2 Å². The van der Waals surface area contributed by atoms with Gasteiger partial charge in [-0.1, -0.05) is 72.4 Å². The van der Waals surface area contributed by atoms with Gasteiger partial charge in [-0.05, 0) is 91.6 Å². The topological polar surface area (TPSA) is 96.0 Å². The molecule has 1 aliphatic carbocycles. The summed E-state index contributed by atoms with van der Waals surface area (Å²) in [6.07, 6.45) is 3.84. The average molecular weight is 727 g/mol. The van der Waals surface area contributed by atoms with Crippen molar-refractivity contribution in [3.63, 3.8) is 0 Å². The lowest BCUT2D eigenvalue weighted by atomic mass is 10.0. The lowest BCUT2D eigenvalue weighted by Gasteiger charge is -2.34. The summed E-state index contributed by atoms with van der Waals surface area (Å²) in [5.74, 6) is -1.07. The molecule has 1 saturated carbocycles. The maximum absolute atomic E-state index is 14.6. The van der Waals surface area contributed by atoms with Crippen LogP contribution < -0.4 is 14.4 Å². The van der Waals surface area contributed by atoms with Crippen LogP contribution in [0.1, 0.15) is 43.7 Å². The quantitative estimate of drug-likeness (QED) is 0.146. The largest absolute Gasteiger partial charge is 0.494 e. The predicted octanol–water partition coefficient (Wildman–Crippen LogP) is 7.43. The zero-order valence-electron chi connectivity index (χ0n) is 27.0. The van der Waals surface area contributed by atoms with Crippen molar-refractivity contribution in [3.05, 3.63) is 124 Å². The van der Waals surface area contributed by atoms with Gasteiger partial charge in [0.05, 0.1) is 27.2 Å². The first-order valence-electron chi connectivity index (χ1n) is 16.1. The summed E-state index contributed by atoms with van der Waals surface area (Å²) >= 11 is 12.6. The van der Waals surface area contributed by atoms with E-state index in [4.69, 9.17) is 27.9 Å². The molecule has 258 valence electrons. The fourth-order valence-corrected chi connectivity index (χ4v) is 7.63. The summed E-state index contributed by atoms with van der Waals surface area (Å²) in [4.78, 5) is 30.0. The zero-order chi connectivity index (χ0) is 35.0. The van der Waals surface area contributed by atoms with Gasteiger partial charge in [-0.15, -0.1) is 0 Å². The van der Waals surface area contributed by atoms with Gasteiger partial charge in [0.15, 0.2) is 0 Å². The number of hydrogen-bond acceptors (Lipinski definition) is 5. The maximum Gasteiger partial charge on any atom is 0.264 e. The van der Waals surface area contributed by atoms with Crippen molar-refractivity contribution >= 4 is 50.7 Å². The molecule has 1 fully saturated rings. The Morgan fingerprint density at radius 1 is 0.898 bits per heavy atom. The Kier molecular flexibility index (Phi) is 12.2. The van der Waals surface area contributed by atoms with Gasteiger partial charge in [0.25, 0.3) is 10.0 Å². The Labute approximate surface area is 296 Å². The number of hydrogen-bond donors (Lipinski definition) is 1. The summed E-state index contributed by atoms with van der Waals surface area (Å²) in [7, 11) is -4.37. The number of nitrogens with one attached hydrogen (secondary N) is 1. The van der Waals surface area contributed by atoms with E-state index in [0.717, 1.165) is 47.7 Å². The number of carbonyl (C=O) groups excluding carboxylic acids is 2. The summed E-state index contributed by atoms with van der Waals surface area (Å²) in [5, 5.41) is 3.74. The second-order valence-electron chi connectivity index (χ2n) is 11.9. The first-order valence-corrected chi connectivity index (χ1v) is 18.3. The van der Waals surface area contributed by atoms with E-state index >= 15 is 0 Å². The highest BCUT2D eigenvalue weighted by atomic mass is 35.5. The number of anilines is 1. The van der Waals surface area contributed by atoms with Crippen LogP contribution in [0, 0.1) is 5.82 Å². The van der Waals surface area contributed by atoms with Crippen molar-refractivity contribution in [3.8, 4) is 5.75 Å². The van der Waals surface area contributed by atoms with Crippen molar-refractivity contribution < 1.29 is 27.1 Å². The van der Waals surface area contributed by atoms with Crippen LogP contribution >= 0.6 is 23.2 Å². The van der Waals surface area contributed by atoms with Gasteiger partial charge in [-0.25, -0.2) is 12.8 Å². The van der Waals surface area contributed by atoms with E-state index in [1.54, 1.807) is 18.2 Å². The molecule has 0 saturated heterocycles. The third-order valence-corrected chi connectivity index (χ3v) is 11.0. The van der Waals surface area contributed by atoms with Crippen LogP contribution in [0.5, 0.6) is 5.75 Å². The monoisotopic (exact) mass is 725 g/mol. The Morgan fingerprint density at radius 3 is 2.20 bits per heavy atom. The number of rotatable bonds is 14. The standard InChI is InChI=1S/C37H38Cl2FN3O5S/c1-2-48-31-17-19-32(20-18-31)49(46,47)43(30-15-13-28(40)14-16-30)25-36(44)42(24-27-12-21-33(38)34(39)22-27)35(23-26-8-4-3-5-9-26)37(45)41-29-10-6-7-11-29/h3-5,8-9,12-22,29,35H,2,6-7,10-11,23-25H2,1H3,(H,41,45). The Hall–Kier alpha value is -4.12. The normalized spacial score (nSPS) is 13.9. The average Bonchev–Trinajstić information content (AvgIpc) is 3.61. The van der Waals surface area contributed by atoms with E-state index in [1.165, 1.54) is 41.3 Å². The van der Waals surface area contributed by atoms with E-state index in [-0.39, 0.29) is 40.5 Å². The van der Waals surface area contributed by atoms with Gasteiger partial charge in [0.2, 0.25) is 11.8 Å². The second kappa shape index (κ2) is 16.5. The highest BCUT2D eigenvalue weighted by molar-refractivity contribution is 7.92. The maximum atomic E-state index is 14.6. The third kappa shape index (κ3) is 9.32. The second-order valence-corrected chi connectivity index (χ2v) is 14.5. The first kappa shape index (κ1) is 36.2. The molecule has 4 aromatic carbocycles. The summed E-state index contributed by atoms with van der Waals surface area (Å²) < 4.78 is 48.9. The molecule has 12 heteroatoms. The zero-order valence-corrected chi connectivity index (χ0v) is 29.4. The molecule has 2 amide bonds. The molecular weight excluding hydrogens is 688 g/mol. The molecule has 5 rings (SSSR count). The highest BCUT2D eigenvalue weighted by Crippen LogP contribution is 2.28. The van der Waals surface area contributed by atoms with Crippen LogP contribution in [0.15, 0.2) is 102 Å². The molecule has 0 aromatic heterocycles. The number of sulfonamides is 1. The number of nitrogens with zero attached hydrogens (tertiary/aromatic N) is 2. The van der Waals surface area contributed by atoms with Crippen LogP contribution in [0.3, 0.4) is 0 Å². The van der Waals surface area contributed by atoms with Gasteiger partial charge in [0.1, 0.15) is 24.2 Å². The minimum Gasteiger partial charge on any atom is -0.494 e. The van der Waals surface area contributed by atoms with E-state index < -0.39 is 34.3 Å². The fourth-order valence-electron chi connectivity index (χ4n) is 5.89. The van der Waals surface area contributed by atoms with Gasteiger partial charge < -0.3 is 15.0 Å². The van der Waals surface area contributed by atoms with E-state index in [2.05, 4.69) is 5.32 Å². The minimum absolute atomic E-state index is 0.0246. The molecule has 4 aromatic rings. The molecule has 0 radical (unpaired) electrons. The number of ether oxygens (including phenoxy) is 1. The predicted molar refractivity (Wildman–Crippen MR) is 190 cm³/mol. The van der Waals surface area contributed by atoms with E-state index in [0.29, 0.717) is 22.9 Å². The van der Waals surface area contributed by atoms with Crippen molar-refractivity contribution in [1.29, 1.82) is 0 Å². The number of halogens is 3. The van der Waals surface area contributed by atoms with Gasteiger partial charge >= 0.3 is 0 Å². The molecule has 49 heavy (non-hydrogen) atoms. The fraction of sp³-hybridized carbons (Fsp3) is 0.297. The molecule has 0 spiro atoms. The summed E-state index contributed by atoms with van der Waals surface area (Å²) in [6.45, 7) is 1.47. The van der Waals surface area contributed by atoms with Crippen molar-refractivity contribution in [2.75, 3.05) is 17.5 Å². The van der Waals surface area contributed by atoms with Crippen LogP contribution in [0.2, 0.25) is 10.0 Å². The van der Waals surface area contributed by atoms with Crippen LogP contribution in [-0.2, 0) is 32.6 Å². The molecule has 1 aliphatic rings. The summed E-state index contributed by atoms with van der Waals surface area (Å²) in [5.41, 5.74) is 1.49. The van der Waals surface area contributed by atoms with E-state index in [1.807, 2.05) is 37.3 Å². The highest BCUT2D eigenvalue weighted by Gasteiger charge is 2.35. The molecule has 1 atom stereocenters. The molecule has 0 heterocycles. The van der Waals surface area contributed by atoms with Crippen LogP contribution in [-0.4, -0.2) is 50.4 Å². The Bertz CT molecular complexity index is 1840. The minimum atomic E-state index is -4.37. The van der Waals surface area contributed by atoms with Gasteiger partial charge in [-0.2, -0.15) is 0 Å². The lowest BCUT2D eigenvalue weighted by molar-refractivity contribution is -0.140. The van der Waals surface area contributed by atoms with Gasteiger partial charge in [-0.3, -0.25) is 13.9 Å². The first-order chi connectivity index (χ1) is 23.5. The molecular formula is C37H38Cl2FN3O5S. The van der Waals surface area contributed by atoms with Crippen LogP contribution in [0.25, 0.3) is 0 Å². The molecule has 8 nitrogen and oxygen atoms in total. The molecule has 0 bridgehead atoms. The summed E-state index contributed by atoms with van der Waals surface area (Å²) in [6, 6.07) is 23.9. The van der Waals surface area contributed by atoms with Crippen molar-refractivity contribution in [2.24, 2.45) is 0 Å². The molecule has 1 unspecified atom stereocenters. The third-order valence-electron chi connectivity index (χ3n) is 8.43. The van der Waals surface area contributed by atoms with E-state index in [9.17, 15) is 22.4 Å². The van der Waals surface area contributed by atoms with Crippen LogP contribution in [0.4, 0.5) is 10.1 Å². The van der Waals surface area contributed by atoms with Crippen molar-refractivity contribution in [2.45, 2.75) is 62.6 Å². The SMILES string of the molecule is CCOc1ccc(S(=O)(=O)N(CC(=O)N(Cc2ccc(Cl)c(Cl)c2)C(Cc2ccccc2)C(=O)NC2CCCC2)c2ccc(F)cc2)cc1. The number of amides is 2. The lowest BCUT2D eigenvalue weighted by Crippen LogP contribution is -2.54. The number of benzene rings is 4. The number of carbonyl (C=O) groups is 2. The Morgan fingerprint density at radius 2 is 1.57 bits per heavy atom. The molecule has 0 aliphatic heterocycles. The molecule has 1 N–H and O–H groups in total. The smallest absolute Gasteiger partial charge is 0.264 e. The van der Waals surface area contributed by atoms with Gasteiger partial charge in [0, 0.05) is 19.0 Å².